The number of hydrogen-bond donors (Lipinski definition) is 1. The number of carbonyl (C=O) groups is 3. The molecular weight excluding hydrogens is 324 g/mol. The van der Waals surface area contributed by atoms with Gasteiger partial charge in [0.15, 0.2) is 5.78 Å². The Hall–Kier alpha value is -2.63. The van der Waals surface area contributed by atoms with Crippen LogP contribution in [0, 0.1) is 0 Å². The van der Waals surface area contributed by atoms with Crippen LogP contribution in [0.15, 0.2) is 42.7 Å². The van der Waals surface area contributed by atoms with E-state index in [-0.39, 0.29) is 18.8 Å². The average molecular weight is 348 g/mol. The average Bonchev–Trinajstić information content (AvgIpc) is 2.58. The van der Waals surface area contributed by atoms with Crippen LogP contribution >= 0.6 is 0 Å². The molecule has 0 saturated heterocycles. The summed E-state index contributed by atoms with van der Waals surface area (Å²) in [6.45, 7) is 7.26. The summed E-state index contributed by atoms with van der Waals surface area (Å²) in [5, 5.41) is 9.49. The lowest BCUT2D eigenvalue weighted by molar-refractivity contribution is -0.160. The number of rotatable bonds is 11. The van der Waals surface area contributed by atoms with Gasteiger partial charge >= 0.3 is 11.9 Å². The van der Waals surface area contributed by atoms with E-state index >= 15 is 0 Å². The first kappa shape index (κ1) is 20.4. The number of carboxylic acid groups (broad SMARTS) is 1. The van der Waals surface area contributed by atoms with E-state index in [1.54, 1.807) is 37.3 Å². The van der Waals surface area contributed by atoms with Gasteiger partial charge in [-0.05, 0) is 18.9 Å². The zero-order valence-electron chi connectivity index (χ0n) is 14.6. The van der Waals surface area contributed by atoms with E-state index in [0.29, 0.717) is 12.0 Å². The molecule has 6 nitrogen and oxygen atoms in total. The van der Waals surface area contributed by atoms with Crippen molar-refractivity contribution in [2.24, 2.45) is 0 Å². The number of aliphatic carboxylic acids is 1. The summed E-state index contributed by atoms with van der Waals surface area (Å²) in [5.74, 6) is -3.82. The molecule has 2 unspecified atom stereocenters. The van der Waals surface area contributed by atoms with Gasteiger partial charge in [-0.1, -0.05) is 50.3 Å². The van der Waals surface area contributed by atoms with Crippen LogP contribution in [0.2, 0.25) is 0 Å². The molecule has 136 valence electrons. The van der Waals surface area contributed by atoms with E-state index in [1.165, 1.54) is 0 Å². The van der Waals surface area contributed by atoms with Crippen molar-refractivity contribution in [1.29, 1.82) is 0 Å². The number of esters is 1. The van der Waals surface area contributed by atoms with E-state index in [4.69, 9.17) is 9.47 Å². The van der Waals surface area contributed by atoms with E-state index in [2.05, 4.69) is 6.58 Å². The number of carboxylic acids is 1. The Morgan fingerprint density at radius 2 is 1.80 bits per heavy atom. The molecule has 0 heterocycles. The molecule has 0 fully saturated rings. The first-order chi connectivity index (χ1) is 11.9. The number of hydrogen-bond acceptors (Lipinski definition) is 5. The van der Waals surface area contributed by atoms with E-state index in [0.717, 1.165) is 6.42 Å². The van der Waals surface area contributed by atoms with Crippen LogP contribution < -0.4 is 0 Å². The largest absolute Gasteiger partial charge is 0.480 e. The summed E-state index contributed by atoms with van der Waals surface area (Å²) in [6, 6.07) is 8.36. The second-order valence-electron chi connectivity index (χ2n) is 5.47. The van der Waals surface area contributed by atoms with Crippen LogP contribution in [0.5, 0.6) is 0 Å². The van der Waals surface area contributed by atoms with Gasteiger partial charge in [0.05, 0.1) is 6.61 Å². The van der Waals surface area contributed by atoms with Crippen molar-refractivity contribution in [3.63, 3.8) is 0 Å². The summed E-state index contributed by atoms with van der Waals surface area (Å²) in [6.07, 6.45) is 0.0379. The molecule has 0 aliphatic heterocycles. The Morgan fingerprint density at radius 3 is 2.32 bits per heavy atom. The summed E-state index contributed by atoms with van der Waals surface area (Å²) < 4.78 is 10.3. The first-order valence-corrected chi connectivity index (χ1v) is 8.24. The minimum Gasteiger partial charge on any atom is -0.480 e. The number of Topliss-reactive ketones (excluding diaryl/α,β-unsaturated/α-hetero) is 1. The molecule has 1 aromatic carbocycles. The normalized spacial score (nSPS) is 12.7. The molecule has 0 bridgehead atoms. The number of unbranched alkanes of at least 4 members (excludes halogenated alkanes) is 1. The van der Waals surface area contributed by atoms with Crippen molar-refractivity contribution in [3.05, 3.63) is 48.2 Å². The minimum atomic E-state index is -1.50. The molecule has 1 N–H and O–H groups in total. The number of ketones is 1. The number of ether oxygens (including phenoxy) is 2. The third kappa shape index (κ3) is 6.06. The van der Waals surface area contributed by atoms with Gasteiger partial charge in [-0.25, -0.2) is 4.79 Å². The van der Waals surface area contributed by atoms with Crippen LogP contribution in [0.4, 0.5) is 0 Å². The predicted octanol–water partition coefficient (Wildman–Crippen LogP) is 3.08. The molecule has 0 spiro atoms. The van der Waals surface area contributed by atoms with Crippen molar-refractivity contribution in [2.45, 2.75) is 45.1 Å². The second kappa shape index (κ2) is 10.3. The highest BCUT2D eigenvalue weighted by Crippen LogP contribution is 2.26. The quantitative estimate of drug-likeness (QED) is 0.375. The fourth-order valence-electron chi connectivity index (χ4n) is 2.28. The second-order valence-corrected chi connectivity index (χ2v) is 5.47. The lowest BCUT2D eigenvalue weighted by atomic mass is 9.97. The fourth-order valence-corrected chi connectivity index (χ4v) is 2.28. The minimum absolute atomic E-state index is 0.0905. The topological polar surface area (TPSA) is 89.9 Å². The van der Waals surface area contributed by atoms with Crippen LogP contribution in [0.1, 0.15) is 44.6 Å². The van der Waals surface area contributed by atoms with Crippen molar-refractivity contribution >= 4 is 17.7 Å². The molecule has 0 aromatic heterocycles. The highest BCUT2D eigenvalue weighted by atomic mass is 16.6. The van der Waals surface area contributed by atoms with Gasteiger partial charge in [0.2, 0.25) is 0 Å². The summed E-state index contributed by atoms with van der Waals surface area (Å²) in [7, 11) is 0. The van der Waals surface area contributed by atoms with Crippen molar-refractivity contribution < 1.29 is 29.0 Å². The standard InChI is InChI=1S/C19H24O6/c1-4-6-12-15(20)17(19(23)24-5-2)25-13(3)16(18(21)22)14-10-8-7-9-11-14/h7-11,16-17H,3-6,12H2,1-2H3,(H,21,22). The van der Waals surface area contributed by atoms with Crippen LogP contribution in [0.25, 0.3) is 0 Å². The molecular formula is C19H24O6. The van der Waals surface area contributed by atoms with Crippen molar-refractivity contribution in [3.8, 4) is 0 Å². The highest BCUT2D eigenvalue weighted by Gasteiger charge is 2.34. The zero-order chi connectivity index (χ0) is 18.8. The van der Waals surface area contributed by atoms with Crippen LogP contribution in [0.3, 0.4) is 0 Å². The third-order valence-corrected chi connectivity index (χ3v) is 3.54. The molecule has 0 saturated carbocycles. The lowest BCUT2D eigenvalue weighted by Crippen LogP contribution is -2.35. The first-order valence-electron chi connectivity index (χ1n) is 8.24. The van der Waals surface area contributed by atoms with Gasteiger partial charge in [0.25, 0.3) is 6.10 Å². The third-order valence-electron chi connectivity index (χ3n) is 3.54. The van der Waals surface area contributed by atoms with Gasteiger partial charge in [0.1, 0.15) is 11.7 Å². The lowest BCUT2D eigenvalue weighted by Gasteiger charge is -2.22. The molecule has 0 aliphatic rings. The molecule has 25 heavy (non-hydrogen) atoms. The Bertz CT molecular complexity index is 608. The van der Waals surface area contributed by atoms with Gasteiger partial charge < -0.3 is 14.6 Å². The maximum atomic E-state index is 12.3. The van der Waals surface area contributed by atoms with Gasteiger partial charge in [-0.2, -0.15) is 0 Å². The van der Waals surface area contributed by atoms with E-state index in [1.807, 2.05) is 6.92 Å². The maximum Gasteiger partial charge on any atom is 0.355 e. The summed E-state index contributed by atoms with van der Waals surface area (Å²) >= 11 is 0. The van der Waals surface area contributed by atoms with Gasteiger partial charge in [-0.3, -0.25) is 9.59 Å². The van der Waals surface area contributed by atoms with Crippen molar-refractivity contribution in [2.75, 3.05) is 6.61 Å². The number of carbonyl (C=O) groups excluding carboxylic acids is 2. The molecule has 0 aliphatic carbocycles. The Labute approximate surface area is 147 Å². The SMILES string of the molecule is C=C(OC(C(=O)CCCC)C(=O)OCC)C(C(=O)O)c1ccccc1. The van der Waals surface area contributed by atoms with Gasteiger partial charge in [-0.15, -0.1) is 0 Å². The smallest absolute Gasteiger partial charge is 0.355 e. The summed E-state index contributed by atoms with van der Waals surface area (Å²) in [4.78, 5) is 35.9. The maximum absolute atomic E-state index is 12.3. The van der Waals surface area contributed by atoms with Crippen LogP contribution in [-0.2, 0) is 23.9 Å². The molecule has 6 heteroatoms. The molecule has 0 amide bonds. The Morgan fingerprint density at radius 1 is 1.16 bits per heavy atom. The van der Waals surface area contributed by atoms with E-state index in [9.17, 15) is 19.5 Å². The predicted molar refractivity (Wildman–Crippen MR) is 92.0 cm³/mol. The Balaban J connectivity index is 2.99. The highest BCUT2D eigenvalue weighted by molar-refractivity contribution is 6.02. The summed E-state index contributed by atoms with van der Waals surface area (Å²) in [5.41, 5.74) is 0.448. The molecule has 1 rings (SSSR count). The van der Waals surface area contributed by atoms with Gasteiger partial charge in [0, 0.05) is 6.42 Å². The van der Waals surface area contributed by atoms with Crippen molar-refractivity contribution in [1.82, 2.24) is 0 Å². The zero-order valence-corrected chi connectivity index (χ0v) is 14.6. The molecule has 2 atom stereocenters. The fraction of sp³-hybridized carbons (Fsp3) is 0.421. The Kier molecular flexibility index (Phi) is 8.39. The molecule has 0 radical (unpaired) electrons. The molecule has 1 aromatic rings. The monoisotopic (exact) mass is 348 g/mol. The van der Waals surface area contributed by atoms with E-state index < -0.39 is 29.7 Å². The van der Waals surface area contributed by atoms with Crippen LogP contribution in [-0.4, -0.2) is 35.5 Å². The number of benzene rings is 1.